The summed E-state index contributed by atoms with van der Waals surface area (Å²) < 4.78 is 15.6. The van der Waals surface area contributed by atoms with Gasteiger partial charge in [-0.3, -0.25) is 0 Å². The van der Waals surface area contributed by atoms with Crippen LogP contribution >= 0.6 is 0 Å². The Labute approximate surface area is 121 Å². The summed E-state index contributed by atoms with van der Waals surface area (Å²) in [6.45, 7) is 1.74. The number of hydrogen-bond acceptors (Lipinski definition) is 6. The maximum absolute atomic E-state index is 10.9. The molecule has 1 N–H and O–H groups in total. The molecule has 1 aromatic carbocycles. The number of ether oxygens (including phenoxy) is 3. The third kappa shape index (κ3) is 3.38. The zero-order valence-corrected chi connectivity index (χ0v) is 11.8. The fraction of sp³-hybridized carbons (Fsp3) is 0.214. The molecule has 0 bridgehead atoms. The Morgan fingerprint density at radius 3 is 2.19 bits per heavy atom. The molecule has 0 saturated heterocycles. The van der Waals surface area contributed by atoms with Gasteiger partial charge in [0.05, 0.1) is 25.8 Å². The Hall–Kier alpha value is -2.83. The van der Waals surface area contributed by atoms with Crippen molar-refractivity contribution in [3.63, 3.8) is 0 Å². The molecule has 0 fully saturated rings. The molecule has 0 saturated carbocycles. The molecular formula is C14H14N2O5. The van der Waals surface area contributed by atoms with Crippen LogP contribution in [0.25, 0.3) is 0 Å². The van der Waals surface area contributed by atoms with Crippen molar-refractivity contribution in [3.05, 3.63) is 35.4 Å². The number of aryl methyl sites for hydroxylation is 1. The Morgan fingerprint density at radius 2 is 1.71 bits per heavy atom. The first kappa shape index (κ1) is 14.6. The Balaban J connectivity index is 2.31. The number of rotatable bonds is 5. The molecule has 21 heavy (non-hydrogen) atoms. The Bertz CT molecular complexity index is 650. The van der Waals surface area contributed by atoms with E-state index in [1.165, 1.54) is 32.4 Å². The summed E-state index contributed by atoms with van der Waals surface area (Å²) >= 11 is 0. The number of benzene rings is 1. The zero-order chi connectivity index (χ0) is 15.4. The first-order chi connectivity index (χ1) is 10.0. The van der Waals surface area contributed by atoms with Gasteiger partial charge in [0.15, 0.2) is 0 Å². The highest BCUT2D eigenvalue weighted by atomic mass is 16.5. The van der Waals surface area contributed by atoms with E-state index in [-0.39, 0.29) is 11.6 Å². The van der Waals surface area contributed by atoms with E-state index in [0.717, 1.165) is 0 Å². The van der Waals surface area contributed by atoms with Crippen molar-refractivity contribution in [3.8, 4) is 23.5 Å². The molecule has 7 heteroatoms. The van der Waals surface area contributed by atoms with Gasteiger partial charge in [-0.05, 0) is 30.7 Å². The lowest BCUT2D eigenvalue weighted by Gasteiger charge is -2.09. The lowest BCUT2D eigenvalue weighted by molar-refractivity contribution is 0.0697. The molecule has 110 valence electrons. The molecule has 1 heterocycles. The van der Waals surface area contributed by atoms with Gasteiger partial charge in [-0.1, -0.05) is 0 Å². The van der Waals surface area contributed by atoms with Gasteiger partial charge in [-0.25, -0.2) is 4.79 Å². The van der Waals surface area contributed by atoms with E-state index in [2.05, 4.69) is 9.97 Å². The molecule has 0 aliphatic heterocycles. The van der Waals surface area contributed by atoms with E-state index >= 15 is 0 Å². The van der Waals surface area contributed by atoms with E-state index in [4.69, 9.17) is 19.3 Å². The quantitative estimate of drug-likeness (QED) is 0.903. The maximum atomic E-state index is 10.9. The largest absolute Gasteiger partial charge is 0.481 e. The van der Waals surface area contributed by atoms with Gasteiger partial charge < -0.3 is 19.3 Å². The van der Waals surface area contributed by atoms with Crippen molar-refractivity contribution in [2.45, 2.75) is 6.92 Å². The standard InChI is InChI=1S/C14H14N2O5/c1-8-6-9(13(17)18)4-5-10(8)21-14-15-11(19-2)7-12(16-14)20-3/h4-7H,1-3H3,(H,17,18). The monoisotopic (exact) mass is 290 g/mol. The molecule has 2 aromatic rings. The van der Waals surface area contributed by atoms with Crippen molar-refractivity contribution in [1.29, 1.82) is 0 Å². The maximum Gasteiger partial charge on any atom is 0.335 e. The van der Waals surface area contributed by atoms with E-state index in [0.29, 0.717) is 23.1 Å². The minimum Gasteiger partial charge on any atom is -0.481 e. The van der Waals surface area contributed by atoms with Crippen LogP contribution < -0.4 is 14.2 Å². The molecule has 0 aliphatic carbocycles. The minimum atomic E-state index is -0.996. The van der Waals surface area contributed by atoms with Crippen molar-refractivity contribution in [2.24, 2.45) is 0 Å². The third-order valence-electron chi connectivity index (χ3n) is 2.70. The molecule has 0 amide bonds. The molecule has 0 radical (unpaired) electrons. The van der Waals surface area contributed by atoms with Crippen LogP contribution in [0.3, 0.4) is 0 Å². The number of carboxylic acids is 1. The lowest BCUT2D eigenvalue weighted by atomic mass is 10.1. The summed E-state index contributed by atoms with van der Waals surface area (Å²) in [6, 6.07) is 6.08. The molecule has 1 aromatic heterocycles. The Kier molecular flexibility index (Phi) is 4.22. The number of nitrogens with zero attached hydrogens (tertiary/aromatic N) is 2. The number of aromatic nitrogens is 2. The van der Waals surface area contributed by atoms with Crippen LogP contribution in [-0.4, -0.2) is 35.3 Å². The summed E-state index contributed by atoms with van der Waals surface area (Å²) in [7, 11) is 2.94. The first-order valence-electron chi connectivity index (χ1n) is 6.02. The number of carbonyl (C=O) groups is 1. The molecule has 7 nitrogen and oxygen atoms in total. The predicted octanol–water partition coefficient (Wildman–Crippen LogP) is 2.29. The van der Waals surface area contributed by atoms with Crippen LogP contribution in [0.5, 0.6) is 23.5 Å². The highest BCUT2D eigenvalue weighted by Gasteiger charge is 2.11. The van der Waals surface area contributed by atoms with Crippen LogP contribution in [0.2, 0.25) is 0 Å². The lowest BCUT2D eigenvalue weighted by Crippen LogP contribution is -2.00. The summed E-state index contributed by atoms with van der Waals surface area (Å²) in [6.07, 6.45) is 0. The van der Waals surface area contributed by atoms with Crippen LogP contribution in [0.4, 0.5) is 0 Å². The SMILES string of the molecule is COc1cc(OC)nc(Oc2ccc(C(=O)O)cc2C)n1. The molecule has 0 atom stereocenters. The number of hydrogen-bond donors (Lipinski definition) is 1. The smallest absolute Gasteiger partial charge is 0.335 e. The normalized spacial score (nSPS) is 10.0. The number of methoxy groups -OCH3 is 2. The zero-order valence-electron chi connectivity index (χ0n) is 11.8. The highest BCUT2D eigenvalue weighted by Crippen LogP contribution is 2.26. The summed E-state index contributed by atoms with van der Waals surface area (Å²) in [4.78, 5) is 19.0. The molecule has 0 spiro atoms. The topological polar surface area (TPSA) is 90.8 Å². The van der Waals surface area contributed by atoms with E-state index in [9.17, 15) is 4.79 Å². The second-order valence-electron chi connectivity index (χ2n) is 4.12. The molecule has 2 rings (SSSR count). The van der Waals surface area contributed by atoms with Gasteiger partial charge in [0, 0.05) is 0 Å². The van der Waals surface area contributed by atoms with Crippen molar-refractivity contribution in [1.82, 2.24) is 9.97 Å². The first-order valence-corrected chi connectivity index (χ1v) is 6.02. The van der Waals surface area contributed by atoms with Gasteiger partial charge >= 0.3 is 12.0 Å². The second kappa shape index (κ2) is 6.08. The van der Waals surface area contributed by atoms with Crippen LogP contribution in [0.15, 0.2) is 24.3 Å². The van der Waals surface area contributed by atoms with Gasteiger partial charge in [0.2, 0.25) is 11.8 Å². The summed E-state index contributed by atoms with van der Waals surface area (Å²) in [5, 5.41) is 8.93. The Morgan fingerprint density at radius 1 is 1.10 bits per heavy atom. The van der Waals surface area contributed by atoms with Crippen LogP contribution in [0, 0.1) is 6.92 Å². The third-order valence-corrected chi connectivity index (χ3v) is 2.70. The van der Waals surface area contributed by atoms with Crippen molar-refractivity contribution < 1.29 is 24.1 Å². The van der Waals surface area contributed by atoms with E-state index < -0.39 is 5.97 Å². The van der Waals surface area contributed by atoms with Gasteiger partial charge in [0.25, 0.3) is 0 Å². The van der Waals surface area contributed by atoms with Gasteiger partial charge in [0.1, 0.15) is 5.75 Å². The second-order valence-corrected chi connectivity index (χ2v) is 4.12. The molecular weight excluding hydrogens is 276 g/mol. The summed E-state index contributed by atoms with van der Waals surface area (Å²) in [5.41, 5.74) is 0.837. The van der Waals surface area contributed by atoms with Crippen molar-refractivity contribution in [2.75, 3.05) is 14.2 Å². The van der Waals surface area contributed by atoms with Gasteiger partial charge in [-0.15, -0.1) is 0 Å². The predicted molar refractivity (Wildman–Crippen MR) is 73.3 cm³/mol. The van der Waals surface area contributed by atoms with E-state index in [1.54, 1.807) is 13.0 Å². The van der Waals surface area contributed by atoms with E-state index in [1.807, 2.05) is 0 Å². The van der Waals surface area contributed by atoms with Crippen LogP contribution in [0.1, 0.15) is 15.9 Å². The van der Waals surface area contributed by atoms with Crippen molar-refractivity contribution >= 4 is 5.97 Å². The number of aromatic carboxylic acids is 1. The average molecular weight is 290 g/mol. The van der Waals surface area contributed by atoms with Crippen LogP contribution in [-0.2, 0) is 0 Å². The molecule has 0 aliphatic rings. The number of carboxylic acid groups (broad SMARTS) is 1. The molecule has 0 unspecified atom stereocenters. The van der Waals surface area contributed by atoms with Gasteiger partial charge in [-0.2, -0.15) is 9.97 Å². The fourth-order valence-corrected chi connectivity index (χ4v) is 1.63. The summed E-state index contributed by atoms with van der Waals surface area (Å²) in [5.74, 6) is 0.0626. The minimum absolute atomic E-state index is 0.0531. The average Bonchev–Trinajstić information content (AvgIpc) is 2.48. The highest BCUT2D eigenvalue weighted by molar-refractivity contribution is 5.88. The fourth-order valence-electron chi connectivity index (χ4n) is 1.63.